The number of imidazole rings is 1. The van der Waals surface area contributed by atoms with Gasteiger partial charge in [0.05, 0.1) is 6.54 Å². The predicted octanol–water partition coefficient (Wildman–Crippen LogP) is 6.15. The van der Waals surface area contributed by atoms with Crippen molar-refractivity contribution >= 4 is 6.09 Å². The number of benzene rings is 1. The van der Waals surface area contributed by atoms with Crippen LogP contribution in [0.3, 0.4) is 0 Å². The molecule has 0 radical (unpaired) electrons. The Balaban J connectivity index is 0.000000268. The van der Waals surface area contributed by atoms with Crippen LogP contribution in [0.4, 0.5) is 4.79 Å². The number of ether oxygens (including phenoxy) is 2. The molecule has 2 aromatic rings. The lowest BCUT2D eigenvalue weighted by Gasteiger charge is -2.26. The average Bonchev–Trinajstić information content (AvgIpc) is 3.19. The molecule has 0 fully saturated rings. The number of carbonyl (C=O) groups is 1. The minimum Gasteiger partial charge on any atom is -0.444 e. The molecule has 0 atom stereocenters. The fourth-order valence-corrected chi connectivity index (χ4v) is 3.49. The van der Waals surface area contributed by atoms with Crippen LogP contribution in [0.25, 0.3) is 0 Å². The van der Waals surface area contributed by atoms with Crippen molar-refractivity contribution in [2.45, 2.75) is 86.6 Å². The number of allylic oxidation sites excluding steroid dienone is 2. The summed E-state index contributed by atoms with van der Waals surface area (Å²) in [7, 11) is 0. The second kappa shape index (κ2) is 12.6. The van der Waals surface area contributed by atoms with Gasteiger partial charge in [-0.25, -0.2) is 9.78 Å². The van der Waals surface area contributed by atoms with Gasteiger partial charge in [0.15, 0.2) is 0 Å². The third-order valence-electron chi connectivity index (χ3n) is 5.50. The second-order valence-electron chi connectivity index (χ2n) is 9.53. The van der Waals surface area contributed by atoms with E-state index in [1.807, 2.05) is 38.5 Å². The van der Waals surface area contributed by atoms with Crippen molar-refractivity contribution in [2.75, 3.05) is 13.2 Å². The Kier molecular flexibility index (Phi) is 10.2. The van der Waals surface area contributed by atoms with Gasteiger partial charge in [-0.05, 0) is 71.9 Å². The number of carbonyl (C=O) groups excluding carboxylic acids is 1. The Bertz CT molecular complexity index is 892. The normalized spacial score (nSPS) is 13.2. The fourth-order valence-electron chi connectivity index (χ4n) is 3.49. The lowest BCUT2D eigenvalue weighted by molar-refractivity contribution is 0.0227. The summed E-state index contributed by atoms with van der Waals surface area (Å²) < 4.78 is 12.8. The van der Waals surface area contributed by atoms with Crippen molar-refractivity contribution < 1.29 is 14.3 Å². The van der Waals surface area contributed by atoms with E-state index >= 15 is 0 Å². The summed E-state index contributed by atoms with van der Waals surface area (Å²) in [6.45, 7) is 16.2. The molecule has 1 aliphatic carbocycles. The molecular weight excluding hydrogens is 414 g/mol. The Morgan fingerprint density at radius 2 is 1.70 bits per heavy atom. The Morgan fingerprint density at radius 1 is 1.09 bits per heavy atom. The number of aromatic nitrogens is 2. The maximum absolute atomic E-state index is 12.1. The molecule has 182 valence electrons. The molecule has 3 rings (SSSR count). The lowest BCUT2D eigenvalue weighted by atomic mass is 9.88. The number of hydrogen-bond acceptors (Lipinski definition) is 4. The molecular formula is C27H41N3O3. The highest BCUT2D eigenvalue weighted by Gasteiger charge is 2.22. The molecule has 0 spiro atoms. The van der Waals surface area contributed by atoms with E-state index in [4.69, 9.17) is 9.47 Å². The van der Waals surface area contributed by atoms with Crippen LogP contribution in [0.15, 0.2) is 47.8 Å². The van der Waals surface area contributed by atoms with Crippen LogP contribution in [-0.4, -0.2) is 39.3 Å². The maximum atomic E-state index is 12.1. The highest BCUT2D eigenvalue weighted by molar-refractivity contribution is 5.68. The molecule has 0 aliphatic heterocycles. The molecule has 6 heteroatoms. The van der Waals surface area contributed by atoms with E-state index in [0.717, 1.165) is 25.1 Å². The van der Waals surface area contributed by atoms with Gasteiger partial charge in [-0.15, -0.1) is 0 Å². The molecule has 0 saturated carbocycles. The van der Waals surface area contributed by atoms with E-state index in [1.165, 1.54) is 11.1 Å². The van der Waals surface area contributed by atoms with E-state index < -0.39 is 5.60 Å². The summed E-state index contributed by atoms with van der Waals surface area (Å²) in [4.78, 5) is 18.0. The van der Waals surface area contributed by atoms with Gasteiger partial charge < -0.3 is 18.9 Å². The standard InChI is InChI=1S/C15H27N3O3.C12H14/c1-6-10-20-12-18-9-8-16-13(18)11-17(7-2)14(19)21-15(3,4)5;1-9-7-11-5-3-4-6-12(11)8-10(9)2/h8-9H,6-7,10-12H2,1-5H3;3-6H,7-8H2,1-2H3. The molecule has 1 aromatic heterocycles. The molecule has 33 heavy (non-hydrogen) atoms. The Labute approximate surface area is 199 Å². The molecule has 1 aromatic carbocycles. The summed E-state index contributed by atoms with van der Waals surface area (Å²) in [6.07, 6.45) is 6.53. The van der Waals surface area contributed by atoms with Crippen molar-refractivity contribution in [3.05, 3.63) is 64.8 Å². The third-order valence-corrected chi connectivity index (χ3v) is 5.50. The highest BCUT2D eigenvalue weighted by Crippen LogP contribution is 2.24. The number of hydrogen-bond donors (Lipinski definition) is 0. The topological polar surface area (TPSA) is 56.6 Å². The number of nitrogens with zero attached hydrogens (tertiary/aromatic N) is 3. The van der Waals surface area contributed by atoms with Gasteiger partial charge in [-0.2, -0.15) is 0 Å². The van der Waals surface area contributed by atoms with E-state index in [9.17, 15) is 4.79 Å². The van der Waals surface area contributed by atoms with Crippen molar-refractivity contribution in [2.24, 2.45) is 0 Å². The van der Waals surface area contributed by atoms with E-state index in [1.54, 1.807) is 22.2 Å². The van der Waals surface area contributed by atoms with Crippen LogP contribution in [0.2, 0.25) is 0 Å². The van der Waals surface area contributed by atoms with E-state index in [-0.39, 0.29) is 6.09 Å². The largest absolute Gasteiger partial charge is 0.444 e. The molecule has 1 aliphatic rings. The van der Waals surface area contributed by atoms with Gasteiger partial charge >= 0.3 is 6.09 Å². The molecule has 1 amide bonds. The zero-order chi connectivity index (χ0) is 24.4. The second-order valence-corrected chi connectivity index (χ2v) is 9.53. The minimum atomic E-state index is -0.496. The van der Waals surface area contributed by atoms with Gasteiger partial charge in [0.1, 0.15) is 18.2 Å². The monoisotopic (exact) mass is 455 g/mol. The van der Waals surface area contributed by atoms with Crippen molar-refractivity contribution in [3.63, 3.8) is 0 Å². The highest BCUT2D eigenvalue weighted by atomic mass is 16.6. The zero-order valence-electron chi connectivity index (χ0n) is 21.5. The summed E-state index contributed by atoms with van der Waals surface area (Å²) in [6, 6.07) is 8.75. The molecule has 0 unspecified atom stereocenters. The van der Waals surface area contributed by atoms with Crippen LogP contribution in [0.5, 0.6) is 0 Å². The SMILES string of the molecule is CC1=C(C)Cc2ccccc2C1.CCCOCn1ccnc1CN(CC)C(=O)OC(C)(C)C. The summed E-state index contributed by atoms with van der Waals surface area (Å²) in [5, 5.41) is 0. The van der Waals surface area contributed by atoms with Gasteiger partial charge in [0.25, 0.3) is 0 Å². The number of fused-ring (bicyclic) bond motifs is 1. The number of amides is 1. The van der Waals surface area contributed by atoms with E-state index in [2.05, 4.69) is 50.0 Å². The summed E-state index contributed by atoms with van der Waals surface area (Å²) >= 11 is 0. The minimum absolute atomic E-state index is 0.325. The van der Waals surface area contributed by atoms with Gasteiger partial charge in [0.2, 0.25) is 0 Å². The summed E-state index contributed by atoms with van der Waals surface area (Å²) in [5.74, 6) is 0.791. The van der Waals surface area contributed by atoms with Gasteiger partial charge in [-0.1, -0.05) is 42.3 Å². The van der Waals surface area contributed by atoms with Gasteiger partial charge in [0, 0.05) is 25.5 Å². The lowest BCUT2D eigenvalue weighted by Crippen LogP contribution is -2.37. The first kappa shape index (κ1) is 26.7. The van der Waals surface area contributed by atoms with E-state index in [0.29, 0.717) is 26.4 Å². The molecule has 0 saturated heterocycles. The smallest absolute Gasteiger partial charge is 0.410 e. The average molecular weight is 456 g/mol. The molecule has 0 bridgehead atoms. The maximum Gasteiger partial charge on any atom is 0.410 e. The first-order valence-corrected chi connectivity index (χ1v) is 11.9. The predicted molar refractivity (Wildman–Crippen MR) is 133 cm³/mol. The number of rotatable bonds is 7. The van der Waals surface area contributed by atoms with Crippen molar-refractivity contribution in [1.82, 2.24) is 14.5 Å². The Morgan fingerprint density at radius 3 is 2.21 bits per heavy atom. The van der Waals surface area contributed by atoms with Crippen LogP contribution in [-0.2, 0) is 35.6 Å². The van der Waals surface area contributed by atoms with Crippen molar-refractivity contribution in [3.8, 4) is 0 Å². The first-order valence-electron chi connectivity index (χ1n) is 11.9. The Hall–Kier alpha value is -2.60. The van der Waals surface area contributed by atoms with Crippen LogP contribution < -0.4 is 0 Å². The summed E-state index contributed by atoms with van der Waals surface area (Å²) in [5.41, 5.74) is 5.63. The van der Waals surface area contributed by atoms with Crippen molar-refractivity contribution in [1.29, 1.82) is 0 Å². The van der Waals surface area contributed by atoms with Crippen LogP contribution >= 0.6 is 0 Å². The van der Waals surface area contributed by atoms with Crippen LogP contribution in [0, 0.1) is 0 Å². The quantitative estimate of drug-likeness (QED) is 0.371. The fraction of sp³-hybridized carbons (Fsp3) is 0.556. The zero-order valence-corrected chi connectivity index (χ0v) is 21.5. The van der Waals surface area contributed by atoms with Crippen LogP contribution in [0.1, 0.15) is 71.8 Å². The first-order chi connectivity index (χ1) is 15.6. The van der Waals surface area contributed by atoms with Gasteiger partial charge in [-0.3, -0.25) is 0 Å². The molecule has 1 heterocycles. The third kappa shape index (κ3) is 8.69. The molecule has 6 nitrogen and oxygen atoms in total. The molecule has 0 N–H and O–H groups in total.